The van der Waals surface area contributed by atoms with Crippen LogP contribution in [0.2, 0.25) is 0 Å². The molecule has 2 saturated heterocycles. The van der Waals surface area contributed by atoms with E-state index in [9.17, 15) is 4.39 Å². The van der Waals surface area contributed by atoms with Crippen molar-refractivity contribution in [2.24, 2.45) is 5.92 Å². The van der Waals surface area contributed by atoms with Gasteiger partial charge in [0.1, 0.15) is 5.82 Å². The summed E-state index contributed by atoms with van der Waals surface area (Å²) in [5, 5.41) is 0. The van der Waals surface area contributed by atoms with Gasteiger partial charge in [0.05, 0.1) is 12.2 Å². The van der Waals surface area contributed by atoms with E-state index < -0.39 is 0 Å². The van der Waals surface area contributed by atoms with Gasteiger partial charge in [0.15, 0.2) is 0 Å². The van der Waals surface area contributed by atoms with Gasteiger partial charge in [-0.05, 0) is 38.2 Å². The second-order valence-electron chi connectivity index (χ2n) is 6.38. The summed E-state index contributed by atoms with van der Waals surface area (Å²) in [6.45, 7) is 4.03. The molecular formula is C16H23FN2O. The van der Waals surface area contributed by atoms with Gasteiger partial charge in [0.2, 0.25) is 0 Å². The summed E-state index contributed by atoms with van der Waals surface area (Å²) in [7, 11) is 4.19. The predicted octanol–water partition coefficient (Wildman–Crippen LogP) is 1.98. The summed E-state index contributed by atoms with van der Waals surface area (Å²) < 4.78 is 19.0. The molecular weight excluding hydrogens is 255 g/mol. The molecule has 3 rings (SSSR count). The fourth-order valence-electron chi connectivity index (χ4n) is 3.45. The number of ether oxygens (including phenoxy) is 1. The fraction of sp³-hybridized carbons (Fsp3) is 0.625. The molecule has 1 aromatic carbocycles. The zero-order valence-corrected chi connectivity index (χ0v) is 12.3. The topological polar surface area (TPSA) is 15.7 Å². The highest BCUT2D eigenvalue weighted by molar-refractivity contribution is 5.16. The smallest absolute Gasteiger partial charge is 0.123 e. The van der Waals surface area contributed by atoms with E-state index in [0.29, 0.717) is 18.1 Å². The molecule has 0 amide bonds. The zero-order chi connectivity index (χ0) is 14.1. The highest BCUT2D eigenvalue weighted by Crippen LogP contribution is 2.33. The largest absolute Gasteiger partial charge is 0.372 e. The normalized spacial score (nSPS) is 30.1. The van der Waals surface area contributed by atoms with Gasteiger partial charge in [-0.2, -0.15) is 0 Å². The van der Waals surface area contributed by atoms with E-state index in [-0.39, 0.29) is 5.82 Å². The van der Waals surface area contributed by atoms with Crippen LogP contribution in [0.4, 0.5) is 4.39 Å². The van der Waals surface area contributed by atoms with Crippen LogP contribution in [-0.2, 0) is 11.3 Å². The number of nitrogens with zero attached hydrogens (tertiary/aromatic N) is 2. The van der Waals surface area contributed by atoms with Gasteiger partial charge in [-0.1, -0.05) is 12.1 Å². The van der Waals surface area contributed by atoms with E-state index >= 15 is 0 Å². The van der Waals surface area contributed by atoms with Crippen LogP contribution in [0.3, 0.4) is 0 Å². The molecule has 2 fully saturated rings. The molecule has 0 bridgehead atoms. The first-order chi connectivity index (χ1) is 9.60. The lowest BCUT2D eigenvalue weighted by molar-refractivity contribution is 0.0250. The summed E-state index contributed by atoms with van der Waals surface area (Å²) in [6, 6.07) is 6.82. The highest BCUT2D eigenvalue weighted by Gasteiger charge is 2.41. The summed E-state index contributed by atoms with van der Waals surface area (Å²) in [5.41, 5.74) is 1.18. The third-order valence-electron chi connectivity index (χ3n) is 4.28. The third-order valence-corrected chi connectivity index (χ3v) is 4.28. The molecule has 2 heterocycles. The molecule has 0 unspecified atom stereocenters. The molecule has 0 saturated carbocycles. The second kappa shape index (κ2) is 5.80. The van der Waals surface area contributed by atoms with E-state index in [4.69, 9.17) is 4.74 Å². The maximum absolute atomic E-state index is 12.9. The first-order valence-corrected chi connectivity index (χ1v) is 7.37. The van der Waals surface area contributed by atoms with Crippen LogP contribution in [0.25, 0.3) is 0 Å². The number of halogens is 1. The highest BCUT2D eigenvalue weighted by atomic mass is 19.1. The maximum Gasteiger partial charge on any atom is 0.123 e. The molecule has 0 spiro atoms. The summed E-state index contributed by atoms with van der Waals surface area (Å²) in [4.78, 5) is 4.62. The molecule has 110 valence electrons. The Morgan fingerprint density at radius 3 is 2.65 bits per heavy atom. The molecule has 2 aliphatic rings. The van der Waals surface area contributed by atoms with Gasteiger partial charge in [0.25, 0.3) is 0 Å². The average Bonchev–Trinajstić information content (AvgIpc) is 2.89. The molecule has 2 aliphatic heterocycles. The van der Waals surface area contributed by atoms with Gasteiger partial charge in [-0.3, -0.25) is 4.90 Å². The lowest BCUT2D eigenvalue weighted by Gasteiger charge is -2.21. The predicted molar refractivity (Wildman–Crippen MR) is 77.0 cm³/mol. The second-order valence-corrected chi connectivity index (χ2v) is 6.38. The molecule has 0 aliphatic carbocycles. The third kappa shape index (κ3) is 3.19. The first-order valence-electron chi connectivity index (χ1n) is 7.37. The van der Waals surface area contributed by atoms with Crippen LogP contribution in [-0.4, -0.2) is 55.7 Å². The Bertz CT molecular complexity index is 434. The van der Waals surface area contributed by atoms with Gasteiger partial charge in [-0.25, -0.2) is 4.39 Å². The van der Waals surface area contributed by atoms with Crippen LogP contribution in [0.5, 0.6) is 0 Å². The van der Waals surface area contributed by atoms with E-state index in [1.807, 2.05) is 12.1 Å². The molecule has 3 nitrogen and oxygen atoms in total. The van der Waals surface area contributed by atoms with Crippen molar-refractivity contribution in [2.45, 2.75) is 25.2 Å². The number of rotatable bonds is 4. The van der Waals surface area contributed by atoms with Crippen LogP contribution in [0.1, 0.15) is 12.0 Å². The lowest BCUT2D eigenvalue weighted by atomic mass is 10.0. The lowest BCUT2D eigenvalue weighted by Crippen LogP contribution is -2.29. The Kier molecular flexibility index (Phi) is 4.06. The Hall–Kier alpha value is -0.970. The minimum absolute atomic E-state index is 0.165. The van der Waals surface area contributed by atoms with Gasteiger partial charge in [-0.15, -0.1) is 0 Å². The van der Waals surface area contributed by atoms with Crippen molar-refractivity contribution in [3.05, 3.63) is 35.6 Å². The quantitative estimate of drug-likeness (QED) is 0.837. The first kappa shape index (κ1) is 14.0. The fourth-order valence-corrected chi connectivity index (χ4v) is 3.45. The summed E-state index contributed by atoms with van der Waals surface area (Å²) >= 11 is 0. The van der Waals surface area contributed by atoms with Gasteiger partial charge in [0, 0.05) is 32.1 Å². The standard InChI is InChI=1S/C16H23FN2O/c1-18(2)10-15-7-13-9-19(11-16(13)20-15)8-12-3-5-14(17)6-4-12/h3-6,13,15-16H,7-11H2,1-2H3/t13-,15-,16+/m1/s1. The van der Waals surface area contributed by atoms with E-state index in [2.05, 4.69) is 23.9 Å². The molecule has 3 atom stereocenters. The van der Waals surface area contributed by atoms with Crippen molar-refractivity contribution >= 4 is 0 Å². The van der Waals surface area contributed by atoms with Crippen molar-refractivity contribution < 1.29 is 9.13 Å². The van der Waals surface area contributed by atoms with E-state index in [1.54, 1.807) is 0 Å². The van der Waals surface area contributed by atoms with Crippen LogP contribution in [0.15, 0.2) is 24.3 Å². The number of fused-ring (bicyclic) bond motifs is 1. The maximum atomic E-state index is 12.9. The number of likely N-dealkylation sites (tertiary alicyclic amines) is 1. The van der Waals surface area contributed by atoms with Crippen molar-refractivity contribution in [1.29, 1.82) is 0 Å². The van der Waals surface area contributed by atoms with Gasteiger partial charge < -0.3 is 9.64 Å². The average molecular weight is 278 g/mol. The summed E-state index contributed by atoms with van der Waals surface area (Å²) in [6.07, 6.45) is 1.95. The van der Waals surface area contributed by atoms with Crippen molar-refractivity contribution in [3.63, 3.8) is 0 Å². The van der Waals surface area contributed by atoms with Crippen molar-refractivity contribution in [3.8, 4) is 0 Å². The van der Waals surface area contributed by atoms with E-state index in [0.717, 1.165) is 26.2 Å². The van der Waals surface area contributed by atoms with Crippen molar-refractivity contribution in [2.75, 3.05) is 33.7 Å². The van der Waals surface area contributed by atoms with Crippen molar-refractivity contribution in [1.82, 2.24) is 9.80 Å². The molecule has 1 aromatic rings. The molecule has 4 heteroatoms. The number of hydrogen-bond acceptors (Lipinski definition) is 3. The molecule has 0 N–H and O–H groups in total. The minimum Gasteiger partial charge on any atom is -0.372 e. The Labute approximate surface area is 120 Å². The minimum atomic E-state index is -0.165. The number of hydrogen-bond donors (Lipinski definition) is 0. The van der Waals surface area contributed by atoms with Gasteiger partial charge >= 0.3 is 0 Å². The van der Waals surface area contributed by atoms with Crippen LogP contribution >= 0.6 is 0 Å². The number of benzene rings is 1. The SMILES string of the molecule is CN(C)C[C@H]1C[C@@H]2CN(Cc3ccc(F)cc3)C[C@@H]2O1. The Morgan fingerprint density at radius 2 is 2.00 bits per heavy atom. The molecule has 0 aromatic heterocycles. The van der Waals surface area contributed by atoms with E-state index in [1.165, 1.54) is 24.1 Å². The Balaban J connectivity index is 1.51. The monoisotopic (exact) mass is 278 g/mol. The van der Waals surface area contributed by atoms with Crippen LogP contribution < -0.4 is 0 Å². The Morgan fingerprint density at radius 1 is 1.25 bits per heavy atom. The zero-order valence-electron chi connectivity index (χ0n) is 12.3. The van der Waals surface area contributed by atoms with Crippen LogP contribution in [0, 0.1) is 11.7 Å². The summed E-state index contributed by atoms with van der Waals surface area (Å²) in [5.74, 6) is 0.502. The molecule has 0 radical (unpaired) electrons. The molecule has 20 heavy (non-hydrogen) atoms. The number of likely N-dealkylation sites (N-methyl/N-ethyl adjacent to an activating group) is 1.